The van der Waals surface area contributed by atoms with E-state index in [-0.39, 0.29) is 0 Å². The average molecular weight is 437 g/mol. The first-order valence-electron chi connectivity index (χ1n) is 9.69. The molecule has 0 bridgehead atoms. The summed E-state index contributed by atoms with van der Waals surface area (Å²) >= 11 is 0. The fraction of sp³-hybridized carbons (Fsp3) is 0.286. The number of pyridine rings is 1. The minimum Gasteiger partial charge on any atom is -0.493 e. The highest BCUT2D eigenvalue weighted by atomic mass is 16.5. The number of hydrogen-bond acceptors (Lipinski definition) is 11. The van der Waals surface area contributed by atoms with Crippen LogP contribution in [0.4, 0.5) is 29.2 Å². The lowest BCUT2D eigenvalue weighted by Crippen LogP contribution is -2.31. The average Bonchev–Trinajstić information content (AvgIpc) is 2.78. The van der Waals surface area contributed by atoms with E-state index in [1.165, 1.54) is 6.33 Å². The number of aromatic nitrogens is 4. The van der Waals surface area contributed by atoms with Crippen molar-refractivity contribution in [3.05, 3.63) is 30.6 Å². The molecule has 0 aliphatic carbocycles. The molecule has 2 N–H and O–H groups in total. The second kappa shape index (κ2) is 8.53. The summed E-state index contributed by atoms with van der Waals surface area (Å²) in [5.74, 6) is 3.75. The summed E-state index contributed by atoms with van der Waals surface area (Å²) in [7, 11) is 4.64. The Balaban J connectivity index is 1.54. The van der Waals surface area contributed by atoms with E-state index >= 15 is 0 Å². The van der Waals surface area contributed by atoms with Crippen LogP contribution >= 0.6 is 0 Å². The monoisotopic (exact) mass is 437 g/mol. The summed E-state index contributed by atoms with van der Waals surface area (Å²) in [5.41, 5.74) is 0.184. The van der Waals surface area contributed by atoms with Gasteiger partial charge >= 0.3 is 0 Å². The number of fused-ring (bicyclic) bond motifs is 1. The van der Waals surface area contributed by atoms with Crippen molar-refractivity contribution in [2.24, 2.45) is 4.99 Å². The fourth-order valence-electron chi connectivity index (χ4n) is 3.02. The molecule has 3 aromatic rings. The highest BCUT2D eigenvalue weighted by Gasteiger charge is 2.24. The van der Waals surface area contributed by atoms with Crippen molar-refractivity contribution in [1.29, 1.82) is 0 Å². The molecule has 1 aliphatic heterocycles. The van der Waals surface area contributed by atoms with Gasteiger partial charge in [0.25, 0.3) is 0 Å². The lowest BCUT2D eigenvalue weighted by atomic mass is 10.1. The van der Waals surface area contributed by atoms with Crippen molar-refractivity contribution in [2.45, 2.75) is 19.4 Å². The number of methoxy groups -OCH3 is 3. The standard InChI is InChI=1S/C21H23N7O4/c1-21(2)10-22-18-13(32-21)6-7-16(26-18)27-20-24-11-23-19(28-20)25-12-8-14(29-3)17(31-5)15(9-12)30-4/h6-11H,1-5H3,(H2,23,24,25,26,27,28). The molecule has 0 saturated carbocycles. The van der Waals surface area contributed by atoms with E-state index in [4.69, 9.17) is 18.9 Å². The Bertz CT molecular complexity index is 1140. The number of nitrogens with one attached hydrogen (secondary N) is 2. The Morgan fingerprint density at radius 1 is 0.875 bits per heavy atom. The summed E-state index contributed by atoms with van der Waals surface area (Å²) in [6.07, 6.45) is 3.10. The highest BCUT2D eigenvalue weighted by molar-refractivity contribution is 5.76. The topological polar surface area (TPSA) is 125 Å². The van der Waals surface area contributed by atoms with Crippen molar-refractivity contribution >= 4 is 35.4 Å². The van der Waals surface area contributed by atoms with Gasteiger partial charge in [0.05, 0.1) is 21.3 Å². The van der Waals surface area contributed by atoms with Crippen LogP contribution in [0.1, 0.15) is 13.8 Å². The molecule has 1 aromatic carbocycles. The zero-order valence-electron chi connectivity index (χ0n) is 18.3. The van der Waals surface area contributed by atoms with Gasteiger partial charge in [0.15, 0.2) is 23.1 Å². The predicted octanol–water partition coefficient (Wildman–Crippen LogP) is 3.65. The molecule has 2 aromatic heterocycles. The second-order valence-electron chi connectivity index (χ2n) is 7.28. The van der Waals surface area contributed by atoms with E-state index in [1.807, 2.05) is 13.8 Å². The van der Waals surface area contributed by atoms with Crippen LogP contribution in [-0.2, 0) is 0 Å². The molecule has 11 nitrogen and oxygen atoms in total. The minimum absolute atomic E-state index is 0.309. The summed E-state index contributed by atoms with van der Waals surface area (Å²) in [4.78, 5) is 21.5. The molecule has 11 heteroatoms. The largest absolute Gasteiger partial charge is 0.493 e. The number of hydrogen-bond donors (Lipinski definition) is 2. The molecule has 0 unspecified atom stereocenters. The Hall–Kier alpha value is -4.15. The molecule has 0 saturated heterocycles. The molecule has 0 radical (unpaired) electrons. The third kappa shape index (κ3) is 4.46. The van der Waals surface area contributed by atoms with Gasteiger partial charge in [-0.3, -0.25) is 0 Å². The first-order valence-corrected chi connectivity index (χ1v) is 9.69. The Kier molecular flexibility index (Phi) is 5.63. The third-order valence-electron chi connectivity index (χ3n) is 4.44. The van der Waals surface area contributed by atoms with E-state index in [0.29, 0.717) is 52.2 Å². The molecule has 0 fully saturated rings. The van der Waals surface area contributed by atoms with E-state index in [1.54, 1.807) is 51.8 Å². The van der Waals surface area contributed by atoms with Crippen LogP contribution in [0, 0.1) is 0 Å². The van der Waals surface area contributed by atoms with Gasteiger partial charge in [-0.1, -0.05) is 0 Å². The zero-order valence-corrected chi connectivity index (χ0v) is 18.3. The number of ether oxygens (including phenoxy) is 4. The van der Waals surface area contributed by atoms with E-state index in [2.05, 4.69) is 35.6 Å². The maximum Gasteiger partial charge on any atom is 0.233 e. The Morgan fingerprint density at radius 3 is 2.22 bits per heavy atom. The number of anilines is 4. The normalized spacial score (nSPS) is 13.5. The van der Waals surface area contributed by atoms with Gasteiger partial charge in [0.1, 0.15) is 17.7 Å². The zero-order chi connectivity index (χ0) is 22.7. The van der Waals surface area contributed by atoms with Gasteiger partial charge in [-0.2, -0.15) is 4.98 Å². The molecular formula is C21H23N7O4. The van der Waals surface area contributed by atoms with Crippen LogP contribution in [0.5, 0.6) is 23.0 Å². The molecule has 4 rings (SSSR count). The van der Waals surface area contributed by atoms with Gasteiger partial charge < -0.3 is 29.6 Å². The molecule has 1 aliphatic rings. The van der Waals surface area contributed by atoms with Crippen molar-refractivity contribution in [2.75, 3.05) is 32.0 Å². The first kappa shape index (κ1) is 21.1. The first-order chi connectivity index (χ1) is 15.4. The summed E-state index contributed by atoms with van der Waals surface area (Å²) in [6.45, 7) is 3.86. The van der Waals surface area contributed by atoms with Crippen LogP contribution in [0.15, 0.2) is 35.6 Å². The SMILES string of the molecule is COc1cc(Nc2ncnc(Nc3ccc4c(n3)N=CC(C)(C)O4)n2)cc(OC)c1OC. The Morgan fingerprint density at radius 2 is 1.56 bits per heavy atom. The van der Waals surface area contributed by atoms with E-state index in [9.17, 15) is 0 Å². The van der Waals surface area contributed by atoms with Crippen molar-refractivity contribution in [3.63, 3.8) is 0 Å². The van der Waals surface area contributed by atoms with E-state index < -0.39 is 5.60 Å². The van der Waals surface area contributed by atoms with Gasteiger partial charge in [0, 0.05) is 24.0 Å². The maximum absolute atomic E-state index is 5.84. The predicted molar refractivity (Wildman–Crippen MR) is 120 cm³/mol. The van der Waals surface area contributed by atoms with Crippen LogP contribution in [0.2, 0.25) is 0 Å². The van der Waals surface area contributed by atoms with Gasteiger partial charge in [-0.05, 0) is 26.0 Å². The Labute approximate surface area is 184 Å². The molecule has 0 amide bonds. The van der Waals surface area contributed by atoms with Gasteiger partial charge in [-0.25, -0.2) is 19.9 Å². The summed E-state index contributed by atoms with van der Waals surface area (Å²) in [5, 5.41) is 6.16. The van der Waals surface area contributed by atoms with Crippen LogP contribution in [0.25, 0.3) is 0 Å². The molecule has 32 heavy (non-hydrogen) atoms. The summed E-state index contributed by atoms with van der Waals surface area (Å²) in [6, 6.07) is 7.08. The van der Waals surface area contributed by atoms with Gasteiger partial charge in [-0.15, -0.1) is 0 Å². The molecule has 166 valence electrons. The molecular weight excluding hydrogens is 414 g/mol. The van der Waals surface area contributed by atoms with Crippen LogP contribution in [0.3, 0.4) is 0 Å². The third-order valence-corrected chi connectivity index (χ3v) is 4.44. The summed E-state index contributed by atoms with van der Waals surface area (Å²) < 4.78 is 21.9. The maximum atomic E-state index is 5.84. The van der Waals surface area contributed by atoms with Crippen LogP contribution in [-0.4, -0.2) is 53.1 Å². The molecule has 0 spiro atoms. The van der Waals surface area contributed by atoms with E-state index in [0.717, 1.165) is 0 Å². The quantitative estimate of drug-likeness (QED) is 0.566. The lowest BCUT2D eigenvalue weighted by Gasteiger charge is -2.26. The fourth-order valence-corrected chi connectivity index (χ4v) is 3.02. The lowest BCUT2D eigenvalue weighted by molar-refractivity contribution is 0.184. The second-order valence-corrected chi connectivity index (χ2v) is 7.28. The molecule has 3 heterocycles. The van der Waals surface area contributed by atoms with Crippen molar-refractivity contribution < 1.29 is 18.9 Å². The highest BCUT2D eigenvalue weighted by Crippen LogP contribution is 2.40. The number of rotatable bonds is 7. The minimum atomic E-state index is -0.467. The van der Waals surface area contributed by atoms with Crippen molar-refractivity contribution in [1.82, 2.24) is 19.9 Å². The molecule has 0 atom stereocenters. The van der Waals surface area contributed by atoms with Gasteiger partial charge in [0.2, 0.25) is 17.6 Å². The number of nitrogens with zero attached hydrogens (tertiary/aromatic N) is 5. The number of benzene rings is 1. The van der Waals surface area contributed by atoms with Crippen LogP contribution < -0.4 is 29.6 Å². The van der Waals surface area contributed by atoms with Crippen molar-refractivity contribution in [3.8, 4) is 23.0 Å². The smallest absolute Gasteiger partial charge is 0.233 e. The number of aliphatic imine (C=N–C) groups is 1.